The average Bonchev–Trinajstić information content (AvgIpc) is 2.88. The molecule has 5 heteroatoms. The molecular weight excluding hydrogens is 328 g/mol. The maximum Gasteiger partial charge on any atom is 0.325 e. The van der Waals surface area contributed by atoms with Crippen LogP contribution in [0.25, 0.3) is 0 Å². The summed E-state index contributed by atoms with van der Waals surface area (Å²) in [6.07, 6.45) is 2.47. The molecule has 1 heterocycles. The fourth-order valence-corrected chi connectivity index (χ4v) is 3.90. The Bertz CT molecular complexity index is 847. The lowest BCUT2D eigenvalue weighted by molar-refractivity contribution is -0.132. The van der Waals surface area contributed by atoms with Crippen LogP contribution in [0.5, 0.6) is 5.75 Å². The first-order valence-corrected chi connectivity index (χ1v) is 9.02. The maximum absolute atomic E-state index is 13.1. The molecule has 134 valence electrons. The van der Waals surface area contributed by atoms with E-state index in [-0.39, 0.29) is 25.1 Å². The van der Waals surface area contributed by atoms with Gasteiger partial charge in [0.05, 0.1) is 6.54 Å². The Morgan fingerprint density at radius 1 is 1.12 bits per heavy atom. The molecule has 0 radical (unpaired) electrons. The largest absolute Gasteiger partial charge is 0.492 e. The zero-order valence-electron chi connectivity index (χ0n) is 14.8. The molecule has 0 saturated carbocycles. The lowest BCUT2D eigenvalue weighted by Crippen LogP contribution is -2.46. The quantitative estimate of drug-likeness (QED) is 0.862. The van der Waals surface area contributed by atoms with Crippen LogP contribution >= 0.6 is 0 Å². The first-order valence-electron chi connectivity index (χ1n) is 9.02. The predicted molar refractivity (Wildman–Crippen MR) is 98.0 cm³/mol. The van der Waals surface area contributed by atoms with Gasteiger partial charge in [-0.25, -0.2) is 4.79 Å². The summed E-state index contributed by atoms with van der Waals surface area (Å²) in [5.74, 6) is 0.572. The van der Waals surface area contributed by atoms with Crippen molar-refractivity contribution in [2.75, 3.05) is 13.2 Å². The number of hydrogen-bond donors (Lipinski definition) is 1. The zero-order valence-corrected chi connectivity index (χ0v) is 14.8. The van der Waals surface area contributed by atoms with Crippen LogP contribution < -0.4 is 10.1 Å². The van der Waals surface area contributed by atoms with Crippen molar-refractivity contribution in [1.29, 1.82) is 0 Å². The molecule has 1 atom stereocenters. The van der Waals surface area contributed by atoms with Gasteiger partial charge in [-0.3, -0.25) is 9.69 Å². The molecule has 3 amide bonds. The van der Waals surface area contributed by atoms with Gasteiger partial charge in [0.25, 0.3) is 5.91 Å². The van der Waals surface area contributed by atoms with E-state index in [0.717, 1.165) is 35.3 Å². The van der Waals surface area contributed by atoms with Crippen LogP contribution in [0, 0.1) is 6.92 Å². The van der Waals surface area contributed by atoms with E-state index in [1.807, 2.05) is 55.5 Å². The number of carbonyl (C=O) groups is 2. The van der Waals surface area contributed by atoms with Crippen LogP contribution in [-0.2, 0) is 16.8 Å². The summed E-state index contributed by atoms with van der Waals surface area (Å²) in [4.78, 5) is 26.9. The van der Waals surface area contributed by atoms with Crippen molar-refractivity contribution in [2.24, 2.45) is 0 Å². The number of urea groups is 1. The topological polar surface area (TPSA) is 58.6 Å². The van der Waals surface area contributed by atoms with Gasteiger partial charge in [-0.1, -0.05) is 42.0 Å². The van der Waals surface area contributed by atoms with E-state index in [1.54, 1.807) is 0 Å². The molecule has 1 N–H and O–H groups in total. The smallest absolute Gasteiger partial charge is 0.325 e. The number of nitrogens with one attached hydrogen (secondary N) is 1. The van der Waals surface area contributed by atoms with Crippen LogP contribution in [0.2, 0.25) is 0 Å². The third kappa shape index (κ3) is 2.73. The van der Waals surface area contributed by atoms with Crippen molar-refractivity contribution in [3.63, 3.8) is 0 Å². The number of ether oxygens (including phenoxy) is 1. The summed E-state index contributed by atoms with van der Waals surface area (Å²) >= 11 is 0. The minimum atomic E-state index is -0.907. The summed E-state index contributed by atoms with van der Waals surface area (Å²) in [5.41, 5.74) is 2.33. The summed E-state index contributed by atoms with van der Waals surface area (Å²) < 4.78 is 5.69. The molecule has 1 aliphatic carbocycles. The highest BCUT2D eigenvalue weighted by Gasteiger charge is 2.53. The summed E-state index contributed by atoms with van der Waals surface area (Å²) in [7, 11) is 0. The third-order valence-corrected chi connectivity index (χ3v) is 5.26. The lowest BCUT2D eigenvalue weighted by atomic mass is 9.76. The fourth-order valence-electron chi connectivity index (χ4n) is 3.90. The standard InChI is InChI=1S/C21H22N2O3/c1-15-8-10-17(11-9-15)26-14-13-23-19(24)21(22-20(23)25)12-4-6-16-5-2-3-7-18(16)21/h2-3,5,7-11H,4,6,12-14H2,1H3,(H,22,25)/t21-/m1/s1. The second kappa shape index (κ2) is 6.48. The normalized spacial score (nSPS) is 21.7. The van der Waals surface area contributed by atoms with Crippen LogP contribution in [0.1, 0.15) is 29.5 Å². The number of hydrogen-bond acceptors (Lipinski definition) is 3. The van der Waals surface area contributed by atoms with E-state index < -0.39 is 5.54 Å². The maximum atomic E-state index is 13.1. The van der Waals surface area contributed by atoms with Gasteiger partial charge in [-0.15, -0.1) is 0 Å². The summed E-state index contributed by atoms with van der Waals surface area (Å²) in [6.45, 7) is 2.53. The second-order valence-electron chi connectivity index (χ2n) is 6.96. The monoisotopic (exact) mass is 350 g/mol. The van der Waals surface area contributed by atoms with Crippen molar-refractivity contribution in [3.8, 4) is 5.75 Å². The SMILES string of the molecule is Cc1ccc(OCCN2C(=O)N[C@@]3(CCCc4ccccc43)C2=O)cc1. The molecule has 1 fully saturated rings. The molecule has 1 saturated heterocycles. The molecule has 0 aromatic heterocycles. The highest BCUT2D eigenvalue weighted by atomic mass is 16.5. The molecule has 5 nitrogen and oxygen atoms in total. The van der Waals surface area contributed by atoms with E-state index in [9.17, 15) is 9.59 Å². The Morgan fingerprint density at radius 3 is 2.69 bits per heavy atom. The van der Waals surface area contributed by atoms with Crippen LogP contribution in [0.15, 0.2) is 48.5 Å². The van der Waals surface area contributed by atoms with Gasteiger partial charge in [-0.05, 0) is 49.4 Å². The Kier molecular flexibility index (Phi) is 4.15. The van der Waals surface area contributed by atoms with Crippen molar-refractivity contribution in [3.05, 3.63) is 65.2 Å². The van der Waals surface area contributed by atoms with Gasteiger partial charge < -0.3 is 10.1 Å². The Hall–Kier alpha value is -2.82. The predicted octanol–water partition coefficient (Wildman–Crippen LogP) is 3.16. The van der Waals surface area contributed by atoms with Crippen LogP contribution in [0.4, 0.5) is 4.79 Å². The number of rotatable bonds is 4. The lowest BCUT2D eigenvalue weighted by Gasteiger charge is -2.33. The first kappa shape index (κ1) is 16.6. The van der Waals surface area contributed by atoms with E-state index >= 15 is 0 Å². The molecule has 0 bridgehead atoms. The second-order valence-corrected chi connectivity index (χ2v) is 6.96. The fraction of sp³-hybridized carbons (Fsp3) is 0.333. The molecule has 4 rings (SSSR count). The van der Waals surface area contributed by atoms with Crippen molar-refractivity contribution in [2.45, 2.75) is 31.7 Å². The molecule has 1 spiro atoms. The molecule has 0 unspecified atom stereocenters. The number of fused-ring (bicyclic) bond motifs is 2. The van der Waals surface area contributed by atoms with E-state index in [2.05, 4.69) is 5.32 Å². The number of nitrogens with zero attached hydrogens (tertiary/aromatic N) is 1. The molecule has 2 aromatic carbocycles. The van der Waals surface area contributed by atoms with Crippen molar-refractivity contribution in [1.82, 2.24) is 10.2 Å². The van der Waals surface area contributed by atoms with E-state index in [4.69, 9.17) is 4.74 Å². The Balaban J connectivity index is 1.49. The highest BCUT2D eigenvalue weighted by Crippen LogP contribution is 2.39. The summed E-state index contributed by atoms with van der Waals surface area (Å²) in [5, 5.41) is 2.96. The number of aryl methyl sites for hydroxylation is 2. The third-order valence-electron chi connectivity index (χ3n) is 5.26. The number of carbonyl (C=O) groups excluding carboxylic acids is 2. The van der Waals surface area contributed by atoms with Crippen LogP contribution in [-0.4, -0.2) is 30.0 Å². The van der Waals surface area contributed by atoms with Gasteiger partial charge in [0.1, 0.15) is 17.9 Å². The molecule has 2 aliphatic rings. The molecule has 26 heavy (non-hydrogen) atoms. The summed E-state index contributed by atoms with van der Waals surface area (Å²) in [6, 6.07) is 15.3. The first-order chi connectivity index (χ1) is 12.6. The van der Waals surface area contributed by atoms with Gasteiger partial charge >= 0.3 is 6.03 Å². The van der Waals surface area contributed by atoms with Gasteiger partial charge in [0.15, 0.2) is 0 Å². The average molecular weight is 350 g/mol. The van der Waals surface area contributed by atoms with Crippen molar-refractivity contribution >= 4 is 11.9 Å². The number of amides is 3. The van der Waals surface area contributed by atoms with Gasteiger partial charge in [0, 0.05) is 0 Å². The molecule has 2 aromatic rings. The van der Waals surface area contributed by atoms with Crippen molar-refractivity contribution < 1.29 is 14.3 Å². The van der Waals surface area contributed by atoms with E-state index in [1.165, 1.54) is 4.90 Å². The highest BCUT2D eigenvalue weighted by molar-refractivity contribution is 6.07. The minimum absolute atomic E-state index is 0.165. The number of imide groups is 1. The Labute approximate surface area is 153 Å². The Morgan fingerprint density at radius 2 is 1.88 bits per heavy atom. The molecule has 1 aliphatic heterocycles. The minimum Gasteiger partial charge on any atom is -0.492 e. The van der Waals surface area contributed by atoms with E-state index in [0.29, 0.717) is 6.42 Å². The number of benzene rings is 2. The molecular formula is C21H22N2O3. The zero-order chi connectivity index (χ0) is 18.1. The van der Waals surface area contributed by atoms with Crippen LogP contribution in [0.3, 0.4) is 0 Å². The van der Waals surface area contributed by atoms with Gasteiger partial charge in [0.2, 0.25) is 0 Å². The van der Waals surface area contributed by atoms with Gasteiger partial charge in [-0.2, -0.15) is 0 Å².